The number of fused-ring (bicyclic) bond motifs is 9. The fourth-order valence-electron chi connectivity index (χ4n) is 7.67. The zero-order chi connectivity index (χ0) is 34.2. The Balaban J connectivity index is 1.15. The summed E-state index contributed by atoms with van der Waals surface area (Å²) >= 11 is 1.83. The van der Waals surface area contributed by atoms with E-state index in [1.165, 1.54) is 41.7 Å². The van der Waals surface area contributed by atoms with Gasteiger partial charge in [0.05, 0.1) is 0 Å². The van der Waals surface area contributed by atoms with E-state index >= 15 is 0 Å². The van der Waals surface area contributed by atoms with Crippen molar-refractivity contribution in [2.24, 2.45) is 0 Å². The van der Waals surface area contributed by atoms with Gasteiger partial charge < -0.3 is 4.42 Å². The zero-order valence-electron chi connectivity index (χ0n) is 27.7. The van der Waals surface area contributed by atoms with E-state index in [2.05, 4.69) is 115 Å². The molecular formula is C47H27N3OS. The Morgan fingerprint density at radius 3 is 1.83 bits per heavy atom. The van der Waals surface area contributed by atoms with E-state index in [0.29, 0.717) is 17.5 Å². The number of rotatable bonds is 4. The number of aromatic nitrogens is 3. The van der Waals surface area contributed by atoms with E-state index in [4.69, 9.17) is 19.4 Å². The second kappa shape index (κ2) is 11.4. The van der Waals surface area contributed by atoms with E-state index in [9.17, 15) is 0 Å². The van der Waals surface area contributed by atoms with Gasteiger partial charge in [0.1, 0.15) is 11.2 Å². The van der Waals surface area contributed by atoms with Gasteiger partial charge in [0.15, 0.2) is 17.5 Å². The Hall–Kier alpha value is -6.69. The predicted octanol–water partition coefficient (Wildman–Crippen LogP) is 13.1. The van der Waals surface area contributed by atoms with E-state index in [1.807, 2.05) is 59.9 Å². The molecule has 0 aliphatic rings. The van der Waals surface area contributed by atoms with Crippen LogP contribution in [0.3, 0.4) is 0 Å². The second-order valence-electron chi connectivity index (χ2n) is 13.2. The van der Waals surface area contributed by atoms with Crippen LogP contribution in [-0.4, -0.2) is 15.0 Å². The highest BCUT2D eigenvalue weighted by atomic mass is 32.1. The van der Waals surface area contributed by atoms with E-state index < -0.39 is 0 Å². The molecule has 0 saturated heterocycles. The maximum atomic E-state index is 6.56. The summed E-state index contributed by atoms with van der Waals surface area (Å²) in [4.78, 5) is 15.5. The number of benzene rings is 8. The van der Waals surface area contributed by atoms with Gasteiger partial charge in [-0.15, -0.1) is 11.3 Å². The molecule has 0 aliphatic heterocycles. The van der Waals surface area contributed by atoms with Gasteiger partial charge >= 0.3 is 0 Å². The van der Waals surface area contributed by atoms with Crippen LogP contribution < -0.4 is 0 Å². The molecule has 0 unspecified atom stereocenters. The Bertz CT molecular complexity index is 3200. The first-order valence-electron chi connectivity index (χ1n) is 17.3. The van der Waals surface area contributed by atoms with Crippen LogP contribution in [-0.2, 0) is 0 Å². The molecular weight excluding hydrogens is 655 g/mol. The summed E-state index contributed by atoms with van der Waals surface area (Å²) in [6.45, 7) is 0. The summed E-state index contributed by atoms with van der Waals surface area (Å²) < 4.78 is 9.12. The van der Waals surface area contributed by atoms with Gasteiger partial charge in [-0.25, -0.2) is 15.0 Å². The van der Waals surface area contributed by atoms with Gasteiger partial charge in [0.2, 0.25) is 0 Å². The molecule has 11 aromatic rings. The molecule has 0 bridgehead atoms. The Morgan fingerprint density at radius 1 is 0.365 bits per heavy atom. The highest BCUT2D eigenvalue weighted by Crippen LogP contribution is 2.43. The summed E-state index contributed by atoms with van der Waals surface area (Å²) in [6.07, 6.45) is 0. The van der Waals surface area contributed by atoms with Gasteiger partial charge in [0, 0.05) is 47.6 Å². The van der Waals surface area contributed by atoms with Crippen LogP contribution in [0.5, 0.6) is 0 Å². The molecule has 8 aromatic carbocycles. The van der Waals surface area contributed by atoms with Crippen molar-refractivity contribution in [3.63, 3.8) is 0 Å². The smallest absolute Gasteiger partial charge is 0.164 e. The number of hydrogen-bond acceptors (Lipinski definition) is 5. The highest BCUT2D eigenvalue weighted by molar-refractivity contribution is 7.25. The second-order valence-corrected chi connectivity index (χ2v) is 14.2. The summed E-state index contributed by atoms with van der Waals surface area (Å²) in [5.41, 5.74) is 6.65. The minimum Gasteiger partial charge on any atom is -0.456 e. The molecule has 4 nitrogen and oxygen atoms in total. The van der Waals surface area contributed by atoms with E-state index in [0.717, 1.165) is 49.8 Å². The van der Waals surface area contributed by atoms with Crippen LogP contribution in [0.2, 0.25) is 0 Å². The van der Waals surface area contributed by atoms with Crippen molar-refractivity contribution >= 4 is 75.0 Å². The van der Waals surface area contributed by atoms with E-state index in [1.54, 1.807) is 0 Å². The molecule has 3 heterocycles. The van der Waals surface area contributed by atoms with Crippen LogP contribution in [0.15, 0.2) is 168 Å². The SMILES string of the molecule is c1ccc(-c2nc(-c3ccc4ccc5ccccc5c4c3)nc(-c3cccc4oc5cccc(-c6ccc7c(c6)sc6ccccc67)c5c34)n2)cc1. The van der Waals surface area contributed by atoms with Crippen LogP contribution in [0.4, 0.5) is 0 Å². The molecule has 242 valence electrons. The molecule has 0 atom stereocenters. The monoisotopic (exact) mass is 681 g/mol. The van der Waals surface area contributed by atoms with Gasteiger partial charge in [-0.3, -0.25) is 0 Å². The zero-order valence-corrected chi connectivity index (χ0v) is 28.6. The van der Waals surface area contributed by atoms with Crippen molar-refractivity contribution in [1.82, 2.24) is 15.0 Å². The van der Waals surface area contributed by atoms with Gasteiger partial charge in [-0.1, -0.05) is 133 Å². The average molecular weight is 682 g/mol. The molecule has 5 heteroatoms. The molecule has 0 spiro atoms. The average Bonchev–Trinajstić information content (AvgIpc) is 3.79. The minimum atomic E-state index is 0.602. The number of thiophene rings is 1. The summed E-state index contributed by atoms with van der Waals surface area (Å²) in [5.74, 6) is 1.85. The molecule has 0 saturated carbocycles. The third kappa shape index (κ3) is 4.57. The Labute approximate surface area is 302 Å². The fraction of sp³-hybridized carbons (Fsp3) is 0. The highest BCUT2D eigenvalue weighted by Gasteiger charge is 2.20. The van der Waals surface area contributed by atoms with Crippen LogP contribution >= 0.6 is 11.3 Å². The maximum absolute atomic E-state index is 6.56. The molecule has 0 radical (unpaired) electrons. The molecule has 0 aliphatic carbocycles. The first-order chi connectivity index (χ1) is 25.7. The van der Waals surface area contributed by atoms with Crippen molar-refractivity contribution in [2.75, 3.05) is 0 Å². The number of hydrogen-bond donors (Lipinski definition) is 0. The molecule has 11 rings (SSSR count). The summed E-state index contributed by atoms with van der Waals surface area (Å²) in [7, 11) is 0. The lowest BCUT2D eigenvalue weighted by molar-refractivity contribution is 0.669. The standard InChI is InChI=1S/C47H27N3OS/c1-2-11-30(12-3-1)45-48-46(32-23-22-29-21-20-28-10-4-5-13-33(28)38(29)26-32)50-47(49-45)37-16-9-18-40-44(37)43-34(15-8-17-39(43)51-40)31-24-25-36-35-14-6-7-19-41(35)52-42(36)27-31/h1-27H. The lowest BCUT2D eigenvalue weighted by atomic mass is 9.96. The third-order valence-corrected chi connectivity index (χ3v) is 11.3. The molecule has 3 aromatic heterocycles. The molecule has 52 heavy (non-hydrogen) atoms. The van der Waals surface area contributed by atoms with Crippen LogP contribution in [0.1, 0.15) is 0 Å². The largest absolute Gasteiger partial charge is 0.456 e. The molecule has 0 fully saturated rings. The van der Waals surface area contributed by atoms with Crippen LogP contribution in [0.25, 0.3) is 109 Å². The molecule has 0 N–H and O–H groups in total. The topological polar surface area (TPSA) is 51.8 Å². The quantitative estimate of drug-likeness (QED) is 0.174. The molecule has 0 amide bonds. The van der Waals surface area contributed by atoms with Crippen molar-refractivity contribution < 1.29 is 4.42 Å². The van der Waals surface area contributed by atoms with Crippen molar-refractivity contribution in [3.05, 3.63) is 164 Å². The minimum absolute atomic E-state index is 0.602. The van der Waals surface area contributed by atoms with Gasteiger partial charge in [-0.2, -0.15) is 0 Å². The van der Waals surface area contributed by atoms with Gasteiger partial charge in [-0.05, 0) is 63.0 Å². The Kier molecular flexibility index (Phi) is 6.39. The van der Waals surface area contributed by atoms with Gasteiger partial charge in [0.25, 0.3) is 0 Å². The lowest BCUT2D eigenvalue weighted by Crippen LogP contribution is -2.00. The Morgan fingerprint density at radius 2 is 0.981 bits per heavy atom. The van der Waals surface area contributed by atoms with Crippen molar-refractivity contribution in [3.8, 4) is 45.3 Å². The maximum Gasteiger partial charge on any atom is 0.164 e. The third-order valence-electron chi connectivity index (χ3n) is 10.1. The van der Waals surface area contributed by atoms with Crippen molar-refractivity contribution in [1.29, 1.82) is 0 Å². The fourth-order valence-corrected chi connectivity index (χ4v) is 8.82. The van der Waals surface area contributed by atoms with Crippen LogP contribution in [0, 0.1) is 0 Å². The van der Waals surface area contributed by atoms with Crippen molar-refractivity contribution in [2.45, 2.75) is 0 Å². The number of furan rings is 1. The normalized spacial score (nSPS) is 11.8. The van der Waals surface area contributed by atoms with E-state index in [-0.39, 0.29) is 0 Å². The lowest BCUT2D eigenvalue weighted by Gasteiger charge is -2.11. The first kappa shape index (κ1) is 29.1. The summed E-state index contributed by atoms with van der Waals surface area (Å²) in [6, 6.07) is 57.4. The summed E-state index contributed by atoms with van der Waals surface area (Å²) in [5, 5.41) is 9.37. The first-order valence-corrected chi connectivity index (χ1v) is 18.2. The predicted molar refractivity (Wildman–Crippen MR) is 217 cm³/mol. The number of nitrogens with zero attached hydrogens (tertiary/aromatic N) is 3.